The predicted octanol–water partition coefficient (Wildman–Crippen LogP) is 2.01. The van der Waals surface area contributed by atoms with Crippen molar-refractivity contribution in [2.45, 2.75) is 6.92 Å². The van der Waals surface area contributed by atoms with Crippen molar-refractivity contribution >= 4 is 0 Å². The van der Waals surface area contributed by atoms with Crippen LogP contribution in [0.2, 0.25) is 0 Å². The monoisotopic (exact) mass is 164 g/mol. The SMILES string of the molecule is CC1C=CC=C2COCOC2=C1. The second-order valence-corrected chi connectivity index (χ2v) is 3.08. The predicted molar refractivity (Wildman–Crippen MR) is 46.4 cm³/mol. The van der Waals surface area contributed by atoms with E-state index in [4.69, 9.17) is 9.47 Å². The smallest absolute Gasteiger partial charge is 0.189 e. The van der Waals surface area contributed by atoms with E-state index in [2.05, 4.69) is 31.2 Å². The van der Waals surface area contributed by atoms with Crippen LogP contribution in [0.15, 0.2) is 35.6 Å². The molecule has 12 heavy (non-hydrogen) atoms. The van der Waals surface area contributed by atoms with Crippen LogP contribution in [0.4, 0.5) is 0 Å². The summed E-state index contributed by atoms with van der Waals surface area (Å²) in [5.41, 5.74) is 1.14. The van der Waals surface area contributed by atoms with Gasteiger partial charge in [-0.3, -0.25) is 0 Å². The van der Waals surface area contributed by atoms with Gasteiger partial charge in [0.15, 0.2) is 6.79 Å². The lowest BCUT2D eigenvalue weighted by atomic mass is 10.1. The Morgan fingerprint density at radius 3 is 3.33 bits per heavy atom. The van der Waals surface area contributed by atoms with E-state index < -0.39 is 0 Å². The highest BCUT2D eigenvalue weighted by molar-refractivity contribution is 5.34. The Labute approximate surface area is 72.2 Å². The molecule has 2 rings (SSSR count). The molecule has 0 aromatic heterocycles. The summed E-state index contributed by atoms with van der Waals surface area (Å²) in [6, 6.07) is 0. The minimum Gasteiger partial charge on any atom is -0.467 e. The maximum absolute atomic E-state index is 5.36. The molecule has 0 aromatic rings. The first kappa shape index (κ1) is 7.62. The van der Waals surface area contributed by atoms with E-state index in [0.29, 0.717) is 19.3 Å². The van der Waals surface area contributed by atoms with E-state index in [1.54, 1.807) is 0 Å². The van der Waals surface area contributed by atoms with Gasteiger partial charge in [0, 0.05) is 5.57 Å². The molecule has 0 saturated carbocycles. The minimum atomic E-state index is 0.385. The van der Waals surface area contributed by atoms with Gasteiger partial charge in [-0.1, -0.05) is 25.2 Å². The molecule has 1 unspecified atom stereocenters. The molecule has 64 valence electrons. The Balaban J connectivity index is 2.28. The lowest BCUT2D eigenvalue weighted by Crippen LogP contribution is -2.13. The molecule has 2 aliphatic rings. The molecule has 1 aliphatic carbocycles. The summed E-state index contributed by atoms with van der Waals surface area (Å²) in [6.07, 6.45) is 8.37. The number of hydrogen-bond donors (Lipinski definition) is 0. The highest BCUT2D eigenvalue weighted by Gasteiger charge is 2.14. The van der Waals surface area contributed by atoms with E-state index in [1.165, 1.54) is 0 Å². The third kappa shape index (κ3) is 1.43. The minimum absolute atomic E-state index is 0.385. The van der Waals surface area contributed by atoms with Gasteiger partial charge in [0.1, 0.15) is 5.76 Å². The van der Waals surface area contributed by atoms with Gasteiger partial charge >= 0.3 is 0 Å². The maximum Gasteiger partial charge on any atom is 0.189 e. The summed E-state index contributed by atoms with van der Waals surface area (Å²) in [6.45, 7) is 3.19. The molecule has 0 amide bonds. The third-order valence-corrected chi connectivity index (χ3v) is 2.00. The van der Waals surface area contributed by atoms with E-state index in [-0.39, 0.29) is 0 Å². The van der Waals surface area contributed by atoms with Gasteiger partial charge in [0.25, 0.3) is 0 Å². The van der Waals surface area contributed by atoms with E-state index in [0.717, 1.165) is 11.3 Å². The van der Waals surface area contributed by atoms with Gasteiger partial charge in [0.05, 0.1) is 6.61 Å². The molecule has 1 atom stereocenters. The van der Waals surface area contributed by atoms with Crippen LogP contribution in [0, 0.1) is 5.92 Å². The van der Waals surface area contributed by atoms with E-state index in [1.807, 2.05) is 0 Å². The average molecular weight is 164 g/mol. The molecule has 1 saturated heterocycles. The van der Waals surface area contributed by atoms with Crippen molar-refractivity contribution in [1.82, 2.24) is 0 Å². The first-order valence-corrected chi connectivity index (χ1v) is 4.16. The summed E-state index contributed by atoms with van der Waals surface area (Å²) >= 11 is 0. The summed E-state index contributed by atoms with van der Waals surface area (Å²) in [5, 5.41) is 0. The van der Waals surface area contributed by atoms with Crippen LogP contribution >= 0.6 is 0 Å². The zero-order valence-corrected chi connectivity index (χ0v) is 7.12. The highest BCUT2D eigenvalue weighted by atomic mass is 16.7. The molecule has 0 aromatic carbocycles. The van der Waals surface area contributed by atoms with Crippen molar-refractivity contribution < 1.29 is 9.47 Å². The second kappa shape index (κ2) is 3.15. The summed E-state index contributed by atoms with van der Waals surface area (Å²) < 4.78 is 10.5. The van der Waals surface area contributed by atoms with Crippen molar-refractivity contribution in [2.75, 3.05) is 13.4 Å². The molecule has 1 aliphatic heterocycles. The van der Waals surface area contributed by atoms with Crippen LogP contribution in [0.25, 0.3) is 0 Å². The maximum atomic E-state index is 5.36. The topological polar surface area (TPSA) is 18.5 Å². The van der Waals surface area contributed by atoms with Crippen molar-refractivity contribution in [3.8, 4) is 0 Å². The number of fused-ring (bicyclic) bond motifs is 1. The molecular formula is C10H12O2. The zero-order valence-electron chi connectivity index (χ0n) is 7.12. The van der Waals surface area contributed by atoms with Crippen LogP contribution < -0.4 is 0 Å². The van der Waals surface area contributed by atoms with Crippen molar-refractivity contribution in [2.24, 2.45) is 5.92 Å². The second-order valence-electron chi connectivity index (χ2n) is 3.08. The molecule has 0 spiro atoms. The Bertz CT molecular complexity index is 261. The van der Waals surface area contributed by atoms with Crippen LogP contribution in [-0.4, -0.2) is 13.4 Å². The molecule has 0 bridgehead atoms. The number of ether oxygens (including phenoxy) is 2. The largest absolute Gasteiger partial charge is 0.467 e. The molecule has 2 heteroatoms. The fraction of sp³-hybridized carbons (Fsp3) is 0.400. The van der Waals surface area contributed by atoms with Crippen LogP contribution in [0.1, 0.15) is 6.92 Å². The summed E-state index contributed by atoms with van der Waals surface area (Å²) in [7, 11) is 0. The Kier molecular flexibility index (Phi) is 2.00. The summed E-state index contributed by atoms with van der Waals surface area (Å²) in [4.78, 5) is 0. The van der Waals surface area contributed by atoms with Crippen molar-refractivity contribution in [3.05, 3.63) is 35.6 Å². The molecule has 1 fully saturated rings. The molecule has 1 heterocycles. The highest BCUT2D eigenvalue weighted by Crippen LogP contribution is 2.22. The van der Waals surface area contributed by atoms with E-state index in [9.17, 15) is 0 Å². The Morgan fingerprint density at radius 2 is 2.42 bits per heavy atom. The third-order valence-electron chi connectivity index (χ3n) is 2.00. The zero-order chi connectivity index (χ0) is 8.39. The normalized spacial score (nSPS) is 27.9. The number of rotatable bonds is 0. The average Bonchev–Trinajstić information content (AvgIpc) is 2.25. The van der Waals surface area contributed by atoms with Gasteiger partial charge < -0.3 is 9.47 Å². The fourth-order valence-corrected chi connectivity index (χ4v) is 1.35. The summed E-state index contributed by atoms with van der Waals surface area (Å²) in [5.74, 6) is 1.44. The van der Waals surface area contributed by atoms with Gasteiger partial charge in [-0.2, -0.15) is 0 Å². The Morgan fingerprint density at radius 1 is 1.50 bits per heavy atom. The lowest BCUT2D eigenvalue weighted by Gasteiger charge is -2.19. The van der Waals surface area contributed by atoms with Gasteiger partial charge in [-0.05, 0) is 12.0 Å². The standard InChI is InChI=1S/C10H12O2/c1-8-3-2-4-9-6-11-7-12-10(9)5-8/h2-5,8H,6-7H2,1H3. The van der Waals surface area contributed by atoms with Gasteiger partial charge in [-0.25, -0.2) is 0 Å². The fourth-order valence-electron chi connectivity index (χ4n) is 1.35. The molecule has 0 N–H and O–H groups in total. The number of allylic oxidation sites excluding steroid dienone is 4. The Hall–Kier alpha value is -1.02. The molecular weight excluding hydrogens is 152 g/mol. The number of hydrogen-bond acceptors (Lipinski definition) is 2. The quantitative estimate of drug-likeness (QED) is 0.545. The first-order chi connectivity index (χ1) is 5.86. The van der Waals surface area contributed by atoms with Crippen LogP contribution in [0.5, 0.6) is 0 Å². The van der Waals surface area contributed by atoms with Crippen LogP contribution in [0.3, 0.4) is 0 Å². The first-order valence-electron chi connectivity index (χ1n) is 4.16. The van der Waals surface area contributed by atoms with Gasteiger partial charge in [0.2, 0.25) is 0 Å². The molecule has 2 nitrogen and oxygen atoms in total. The lowest BCUT2D eigenvalue weighted by molar-refractivity contribution is -0.0372. The molecule has 0 radical (unpaired) electrons. The van der Waals surface area contributed by atoms with Crippen LogP contribution in [-0.2, 0) is 9.47 Å². The van der Waals surface area contributed by atoms with Crippen molar-refractivity contribution in [3.63, 3.8) is 0 Å². The van der Waals surface area contributed by atoms with Gasteiger partial charge in [-0.15, -0.1) is 0 Å². The van der Waals surface area contributed by atoms with E-state index >= 15 is 0 Å². The van der Waals surface area contributed by atoms with Crippen molar-refractivity contribution in [1.29, 1.82) is 0 Å².